The molecule has 0 aromatic carbocycles. The van der Waals surface area contributed by atoms with Gasteiger partial charge >= 0.3 is 0 Å². The molecule has 0 atom stereocenters. The van der Waals surface area contributed by atoms with Gasteiger partial charge in [0.05, 0.1) is 0 Å². The van der Waals surface area contributed by atoms with E-state index in [1.165, 1.54) is 31.3 Å². The Balaban J connectivity index is 2.77. The smallest absolute Gasteiger partial charge is 0.00242 e. The van der Waals surface area contributed by atoms with Gasteiger partial charge in [-0.3, -0.25) is 0 Å². The summed E-state index contributed by atoms with van der Waals surface area (Å²) in [5, 5.41) is 0. The third kappa shape index (κ3) is 1.71. The molecule has 1 saturated carbocycles. The summed E-state index contributed by atoms with van der Waals surface area (Å²) in [6.07, 6.45) is 11.3. The summed E-state index contributed by atoms with van der Waals surface area (Å²) in [5.41, 5.74) is 7.28. The van der Waals surface area contributed by atoms with Crippen molar-refractivity contribution in [2.75, 3.05) is 0 Å². The van der Waals surface area contributed by atoms with Gasteiger partial charge in [-0.2, -0.15) is 0 Å². The number of hydrogen-bond donors (Lipinski definition) is 1. The first-order valence-corrected chi connectivity index (χ1v) is 4.78. The maximum Gasteiger partial charge on any atom is -0.00242 e. The second-order valence-corrected chi connectivity index (χ2v) is 3.89. The van der Waals surface area contributed by atoms with Crippen LogP contribution in [0.1, 0.15) is 39.5 Å². The average molecular weight is 165 g/mol. The van der Waals surface area contributed by atoms with Crippen molar-refractivity contribution in [2.45, 2.75) is 39.5 Å². The zero-order chi connectivity index (χ0) is 9.03. The molecule has 1 aliphatic carbocycles. The van der Waals surface area contributed by atoms with E-state index in [0.29, 0.717) is 5.41 Å². The quantitative estimate of drug-likeness (QED) is 0.625. The highest BCUT2D eigenvalue weighted by atomic mass is 14.5. The van der Waals surface area contributed by atoms with Crippen LogP contribution in [-0.2, 0) is 0 Å². The van der Waals surface area contributed by atoms with Gasteiger partial charge in [-0.25, -0.2) is 0 Å². The maximum absolute atomic E-state index is 5.61. The Morgan fingerprint density at radius 3 is 2.33 bits per heavy atom. The Kier molecular flexibility index (Phi) is 2.96. The van der Waals surface area contributed by atoms with Crippen molar-refractivity contribution >= 4 is 0 Å². The number of hydrogen-bond acceptors (Lipinski definition) is 1. The molecular formula is C11H19N. The fourth-order valence-corrected chi connectivity index (χ4v) is 2.08. The van der Waals surface area contributed by atoms with Crippen molar-refractivity contribution < 1.29 is 0 Å². The van der Waals surface area contributed by atoms with Crippen molar-refractivity contribution in [1.82, 2.24) is 0 Å². The largest absolute Gasteiger partial charge is 0.404 e. The lowest BCUT2D eigenvalue weighted by atomic mass is 9.81. The Bertz CT molecular complexity index is 195. The van der Waals surface area contributed by atoms with E-state index >= 15 is 0 Å². The second kappa shape index (κ2) is 3.79. The molecule has 0 spiro atoms. The van der Waals surface area contributed by atoms with E-state index in [4.69, 9.17) is 5.73 Å². The molecule has 1 aliphatic rings. The van der Waals surface area contributed by atoms with Crippen LogP contribution < -0.4 is 5.73 Å². The van der Waals surface area contributed by atoms with E-state index in [0.717, 1.165) is 0 Å². The summed E-state index contributed by atoms with van der Waals surface area (Å²) < 4.78 is 0. The van der Waals surface area contributed by atoms with Gasteiger partial charge in [0.15, 0.2) is 0 Å². The van der Waals surface area contributed by atoms with E-state index in [9.17, 15) is 0 Å². The van der Waals surface area contributed by atoms with Gasteiger partial charge < -0.3 is 5.73 Å². The predicted molar refractivity (Wildman–Crippen MR) is 53.7 cm³/mol. The van der Waals surface area contributed by atoms with Crippen LogP contribution in [0, 0.1) is 5.41 Å². The molecule has 0 unspecified atom stereocenters. The van der Waals surface area contributed by atoms with Gasteiger partial charge in [-0.1, -0.05) is 31.9 Å². The Hall–Kier alpha value is -0.720. The molecule has 0 aliphatic heterocycles. The molecule has 12 heavy (non-hydrogen) atoms. The minimum absolute atomic E-state index is 0.362. The molecule has 0 bridgehead atoms. The summed E-state index contributed by atoms with van der Waals surface area (Å²) in [7, 11) is 0. The van der Waals surface area contributed by atoms with Gasteiger partial charge in [-0.15, -0.1) is 0 Å². The molecule has 1 heteroatoms. The molecule has 0 heterocycles. The SMILES string of the molecule is C/C=C\C(=C/N)C1(C)CCCC1. The van der Waals surface area contributed by atoms with E-state index in [1.54, 1.807) is 6.20 Å². The first-order chi connectivity index (χ1) is 5.73. The van der Waals surface area contributed by atoms with Crippen molar-refractivity contribution in [3.63, 3.8) is 0 Å². The summed E-state index contributed by atoms with van der Waals surface area (Å²) >= 11 is 0. The van der Waals surface area contributed by atoms with Crippen LogP contribution in [0.5, 0.6) is 0 Å². The van der Waals surface area contributed by atoms with Crippen molar-refractivity contribution in [3.05, 3.63) is 23.9 Å². The molecule has 0 aromatic heterocycles. The Labute approximate surface area is 75.3 Å². The average Bonchev–Trinajstić information content (AvgIpc) is 2.49. The number of nitrogens with two attached hydrogens (primary N) is 1. The van der Waals surface area contributed by atoms with Crippen LogP contribution in [0.3, 0.4) is 0 Å². The Morgan fingerprint density at radius 2 is 1.92 bits per heavy atom. The summed E-state index contributed by atoms with van der Waals surface area (Å²) in [6, 6.07) is 0. The molecule has 0 aromatic rings. The van der Waals surface area contributed by atoms with Crippen molar-refractivity contribution in [2.24, 2.45) is 11.1 Å². The third-order valence-corrected chi connectivity index (χ3v) is 2.93. The standard InChI is InChI=1S/C11H19N/c1-3-6-10(9-12)11(2)7-4-5-8-11/h3,6,9H,4-5,7-8,12H2,1-2H3/b6-3-,10-9+. The molecule has 0 amide bonds. The number of rotatable bonds is 2. The van der Waals surface area contributed by atoms with Crippen LogP contribution in [0.25, 0.3) is 0 Å². The molecule has 68 valence electrons. The van der Waals surface area contributed by atoms with E-state index in [-0.39, 0.29) is 0 Å². The molecular weight excluding hydrogens is 146 g/mol. The third-order valence-electron chi connectivity index (χ3n) is 2.93. The monoisotopic (exact) mass is 165 g/mol. The summed E-state index contributed by atoms with van der Waals surface area (Å²) in [5.74, 6) is 0. The van der Waals surface area contributed by atoms with Gasteiger partial charge in [0.1, 0.15) is 0 Å². The maximum atomic E-state index is 5.61. The fourth-order valence-electron chi connectivity index (χ4n) is 2.08. The topological polar surface area (TPSA) is 26.0 Å². The lowest BCUT2D eigenvalue weighted by Crippen LogP contribution is -2.14. The first-order valence-electron chi connectivity index (χ1n) is 4.78. The highest BCUT2D eigenvalue weighted by molar-refractivity contribution is 5.26. The van der Waals surface area contributed by atoms with Crippen LogP contribution in [0.4, 0.5) is 0 Å². The molecule has 0 radical (unpaired) electrons. The predicted octanol–water partition coefficient (Wildman–Crippen LogP) is 2.99. The van der Waals surface area contributed by atoms with Gasteiger partial charge in [-0.05, 0) is 37.0 Å². The van der Waals surface area contributed by atoms with Gasteiger partial charge in [0.25, 0.3) is 0 Å². The molecule has 1 rings (SSSR count). The minimum Gasteiger partial charge on any atom is -0.404 e. The van der Waals surface area contributed by atoms with Gasteiger partial charge in [0, 0.05) is 0 Å². The zero-order valence-electron chi connectivity index (χ0n) is 8.14. The first kappa shape index (κ1) is 9.37. The molecule has 2 N–H and O–H groups in total. The highest BCUT2D eigenvalue weighted by Gasteiger charge is 2.30. The van der Waals surface area contributed by atoms with Crippen LogP contribution in [-0.4, -0.2) is 0 Å². The Morgan fingerprint density at radius 1 is 1.33 bits per heavy atom. The van der Waals surface area contributed by atoms with E-state index < -0.39 is 0 Å². The van der Waals surface area contributed by atoms with Crippen molar-refractivity contribution in [1.29, 1.82) is 0 Å². The normalized spacial score (nSPS) is 23.7. The van der Waals surface area contributed by atoms with E-state index in [2.05, 4.69) is 19.1 Å². The van der Waals surface area contributed by atoms with Crippen LogP contribution in [0.15, 0.2) is 23.9 Å². The van der Waals surface area contributed by atoms with E-state index in [1.807, 2.05) is 6.92 Å². The lowest BCUT2D eigenvalue weighted by molar-refractivity contribution is 0.423. The van der Waals surface area contributed by atoms with Crippen LogP contribution in [0.2, 0.25) is 0 Å². The molecule has 1 fully saturated rings. The van der Waals surface area contributed by atoms with Crippen LogP contribution >= 0.6 is 0 Å². The summed E-state index contributed by atoms with van der Waals surface area (Å²) in [6.45, 7) is 4.36. The molecule has 1 nitrogen and oxygen atoms in total. The summed E-state index contributed by atoms with van der Waals surface area (Å²) in [4.78, 5) is 0. The lowest BCUT2D eigenvalue weighted by Gasteiger charge is -2.24. The highest BCUT2D eigenvalue weighted by Crippen LogP contribution is 2.43. The van der Waals surface area contributed by atoms with Crippen molar-refractivity contribution in [3.8, 4) is 0 Å². The van der Waals surface area contributed by atoms with Gasteiger partial charge in [0.2, 0.25) is 0 Å². The fraction of sp³-hybridized carbons (Fsp3) is 0.636. The minimum atomic E-state index is 0.362. The second-order valence-electron chi connectivity index (χ2n) is 3.89. The number of allylic oxidation sites excluding steroid dienone is 3. The molecule has 0 saturated heterocycles. The zero-order valence-corrected chi connectivity index (χ0v) is 8.14.